The summed E-state index contributed by atoms with van der Waals surface area (Å²) >= 11 is 0. The lowest BCUT2D eigenvalue weighted by atomic mass is 10.2. The maximum Gasteiger partial charge on any atom is 0.268 e. The molecular formula is C12H16N2O2. The normalized spacial score (nSPS) is 10.1. The van der Waals surface area contributed by atoms with Crippen LogP contribution in [0.2, 0.25) is 0 Å². The van der Waals surface area contributed by atoms with E-state index in [2.05, 4.69) is 0 Å². The largest absolute Gasteiger partial charge is 0.385 e. The molecule has 0 bridgehead atoms. The Bertz CT molecular complexity index is 443. The standard InChI is InChI=1S/C12H16N2O2/c1-10-5-6-11(9-13)12(15)14(10)7-3-4-8-16-2/h5-6H,3-4,7-8H2,1-2H3. The first-order valence-electron chi connectivity index (χ1n) is 5.30. The summed E-state index contributed by atoms with van der Waals surface area (Å²) < 4.78 is 6.59. The van der Waals surface area contributed by atoms with Gasteiger partial charge < -0.3 is 9.30 Å². The Morgan fingerprint density at radius 3 is 2.81 bits per heavy atom. The fraction of sp³-hybridized carbons (Fsp3) is 0.500. The molecule has 0 aromatic carbocycles. The van der Waals surface area contributed by atoms with Crippen LogP contribution < -0.4 is 5.56 Å². The van der Waals surface area contributed by atoms with Crippen LogP contribution in [0.4, 0.5) is 0 Å². The van der Waals surface area contributed by atoms with Crippen molar-refractivity contribution in [2.75, 3.05) is 13.7 Å². The lowest BCUT2D eigenvalue weighted by molar-refractivity contribution is 0.191. The fourth-order valence-electron chi connectivity index (χ4n) is 1.55. The maximum absolute atomic E-state index is 11.8. The van der Waals surface area contributed by atoms with E-state index in [0.717, 1.165) is 18.5 Å². The number of methoxy groups -OCH3 is 1. The van der Waals surface area contributed by atoms with Crippen molar-refractivity contribution in [2.45, 2.75) is 26.3 Å². The van der Waals surface area contributed by atoms with Gasteiger partial charge in [0.15, 0.2) is 0 Å². The van der Waals surface area contributed by atoms with Gasteiger partial charge in [0.2, 0.25) is 0 Å². The molecule has 0 radical (unpaired) electrons. The van der Waals surface area contributed by atoms with Crippen LogP contribution in [0.1, 0.15) is 24.1 Å². The van der Waals surface area contributed by atoms with E-state index in [1.165, 1.54) is 0 Å². The molecule has 16 heavy (non-hydrogen) atoms. The molecule has 0 aliphatic rings. The number of unbranched alkanes of at least 4 members (excludes halogenated alkanes) is 1. The summed E-state index contributed by atoms with van der Waals surface area (Å²) in [5.41, 5.74) is 0.902. The average molecular weight is 220 g/mol. The van der Waals surface area contributed by atoms with E-state index >= 15 is 0 Å². The molecule has 4 nitrogen and oxygen atoms in total. The van der Waals surface area contributed by atoms with Crippen molar-refractivity contribution in [3.05, 3.63) is 33.7 Å². The monoisotopic (exact) mass is 220 g/mol. The van der Waals surface area contributed by atoms with Crippen LogP contribution in [0.15, 0.2) is 16.9 Å². The predicted molar refractivity (Wildman–Crippen MR) is 61.3 cm³/mol. The van der Waals surface area contributed by atoms with Gasteiger partial charge in [-0.05, 0) is 31.9 Å². The third-order valence-electron chi connectivity index (χ3n) is 2.49. The highest BCUT2D eigenvalue weighted by Gasteiger charge is 2.04. The minimum atomic E-state index is -0.195. The van der Waals surface area contributed by atoms with Crippen LogP contribution in [0, 0.1) is 18.3 Å². The van der Waals surface area contributed by atoms with Crippen molar-refractivity contribution in [1.82, 2.24) is 4.57 Å². The molecule has 0 saturated heterocycles. The van der Waals surface area contributed by atoms with Crippen LogP contribution in [0.25, 0.3) is 0 Å². The number of nitrogens with zero attached hydrogens (tertiary/aromatic N) is 2. The van der Waals surface area contributed by atoms with Crippen molar-refractivity contribution in [3.8, 4) is 6.07 Å². The summed E-state index contributed by atoms with van der Waals surface area (Å²) in [5, 5.41) is 8.76. The Morgan fingerprint density at radius 1 is 1.44 bits per heavy atom. The minimum Gasteiger partial charge on any atom is -0.385 e. The van der Waals surface area contributed by atoms with Gasteiger partial charge >= 0.3 is 0 Å². The van der Waals surface area contributed by atoms with Crippen molar-refractivity contribution >= 4 is 0 Å². The lowest BCUT2D eigenvalue weighted by Gasteiger charge is -2.09. The van der Waals surface area contributed by atoms with Gasteiger partial charge in [-0.25, -0.2) is 0 Å². The van der Waals surface area contributed by atoms with Crippen molar-refractivity contribution in [2.24, 2.45) is 0 Å². The number of hydrogen-bond donors (Lipinski definition) is 0. The van der Waals surface area contributed by atoms with Crippen molar-refractivity contribution < 1.29 is 4.74 Å². The Balaban J connectivity index is 2.79. The third kappa shape index (κ3) is 2.94. The van der Waals surface area contributed by atoms with Gasteiger partial charge in [-0.1, -0.05) is 0 Å². The number of aryl methyl sites for hydroxylation is 1. The highest BCUT2D eigenvalue weighted by Crippen LogP contribution is 2.00. The molecule has 0 amide bonds. The van der Waals surface area contributed by atoms with E-state index < -0.39 is 0 Å². The van der Waals surface area contributed by atoms with E-state index in [4.69, 9.17) is 10.00 Å². The number of nitriles is 1. The molecule has 1 rings (SSSR count). The van der Waals surface area contributed by atoms with Crippen molar-refractivity contribution in [1.29, 1.82) is 5.26 Å². The second-order valence-corrected chi connectivity index (χ2v) is 3.66. The van der Waals surface area contributed by atoms with Gasteiger partial charge in [0.1, 0.15) is 11.6 Å². The lowest BCUT2D eigenvalue weighted by Crippen LogP contribution is -2.24. The van der Waals surface area contributed by atoms with Gasteiger partial charge in [0.25, 0.3) is 5.56 Å². The fourth-order valence-corrected chi connectivity index (χ4v) is 1.55. The first-order valence-corrected chi connectivity index (χ1v) is 5.30. The molecule has 4 heteroatoms. The van der Waals surface area contributed by atoms with E-state index in [1.54, 1.807) is 23.8 Å². The second-order valence-electron chi connectivity index (χ2n) is 3.66. The molecule has 0 aliphatic heterocycles. The third-order valence-corrected chi connectivity index (χ3v) is 2.49. The Hall–Kier alpha value is -1.60. The molecule has 0 atom stereocenters. The highest BCUT2D eigenvalue weighted by atomic mass is 16.5. The Labute approximate surface area is 95.1 Å². The SMILES string of the molecule is COCCCCn1c(C)ccc(C#N)c1=O. The summed E-state index contributed by atoms with van der Waals surface area (Å²) in [6.07, 6.45) is 1.79. The molecule has 86 valence electrons. The maximum atomic E-state index is 11.8. The number of pyridine rings is 1. The zero-order chi connectivity index (χ0) is 12.0. The van der Waals surface area contributed by atoms with Gasteiger partial charge in [0, 0.05) is 26.0 Å². The van der Waals surface area contributed by atoms with Crippen LogP contribution in [0.3, 0.4) is 0 Å². The van der Waals surface area contributed by atoms with E-state index in [1.807, 2.05) is 13.0 Å². The van der Waals surface area contributed by atoms with Gasteiger partial charge in [-0.15, -0.1) is 0 Å². The summed E-state index contributed by atoms with van der Waals surface area (Å²) in [6.45, 7) is 3.22. The van der Waals surface area contributed by atoms with Crippen molar-refractivity contribution in [3.63, 3.8) is 0 Å². The number of ether oxygens (including phenoxy) is 1. The quantitative estimate of drug-likeness (QED) is 0.706. The topological polar surface area (TPSA) is 55.0 Å². The van der Waals surface area contributed by atoms with Crippen LogP contribution >= 0.6 is 0 Å². The molecule has 0 spiro atoms. The zero-order valence-corrected chi connectivity index (χ0v) is 9.69. The molecular weight excluding hydrogens is 204 g/mol. The summed E-state index contributed by atoms with van der Waals surface area (Å²) in [4.78, 5) is 11.8. The van der Waals surface area contributed by atoms with Crippen LogP contribution in [-0.4, -0.2) is 18.3 Å². The van der Waals surface area contributed by atoms with Gasteiger partial charge in [0.05, 0.1) is 0 Å². The van der Waals surface area contributed by atoms with E-state index in [0.29, 0.717) is 13.2 Å². The van der Waals surface area contributed by atoms with Crippen LogP contribution in [-0.2, 0) is 11.3 Å². The van der Waals surface area contributed by atoms with E-state index in [9.17, 15) is 4.79 Å². The second kappa shape index (κ2) is 6.09. The highest BCUT2D eigenvalue weighted by molar-refractivity contribution is 5.27. The van der Waals surface area contributed by atoms with Gasteiger partial charge in [-0.2, -0.15) is 5.26 Å². The summed E-state index contributed by atoms with van der Waals surface area (Å²) in [5.74, 6) is 0. The predicted octanol–water partition coefficient (Wildman–Crippen LogP) is 1.45. The first kappa shape index (κ1) is 12.5. The smallest absolute Gasteiger partial charge is 0.268 e. The van der Waals surface area contributed by atoms with Gasteiger partial charge in [-0.3, -0.25) is 4.79 Å². The molecule has 0 unspecified atom stereocenters. The molecule has 0 saturated carbocycles. The van der Waals surface area contributed by atoms with Crippen LogP contribution in [0.5, 0.6) is 0 Å². The summed E-state index contributed by atoms with van der Waals surface area (Å²) in [7, 11) is 1.66. The van der Waals surface area contributed by atoms with E-state index in [-0.39, 0.29) is 11.1 Å². The Kier molecular flexibility index (Phi) is 4.74. The molecule has 0 fully saturated rings. The molecule has 1 aromatic rings. The number of aromatic nitrogens is 1. The zero-order valence-electron chi connectivity index (χ0n) is 9.69. The summed E-state index contributed by atoms with van der Waals surface area (Å²) in [6, 6.07) is 5.28. The molecule has 1 aromatic heterocycles. The first-order chi connectivity index (χ1) is 7.70. The number of hydrogen-bond acceptors (Lipinski definition) is 3. The molecule has 0 aliphatic carbocycles. The minimum absolute atomic E-state index is 0.195. The average Bonchev–Trinajstić information content (AvgIpc) is 2.28. The Morgan fingerprint density at radius 2 is 2.19 bits per heavy atom. The molecule has 0 N–H and O–H groups in total. The molecule has 1 heterocycles. The number of rotatable bonds is 5.